The molecule has 0 aliphatic heterocycles. The number of halogens is 1. The Morgan fingerprint density at radius 1 is 0.682 bits per heavy atom. The van der Waals surface area contributed by atoms with Gasteiger partial charge in [-0.25, -0.2) is 4.39 Å². The molecule has 0 radical (unpaired) electrons. The lowest BCUT2D eigenvalue weighted by molar-refractivity contribution is -0.157. The number of rotatable bonds is 37. The van der Waals surface area contributed by atoms with Crippen molar-refractivity contribution < 1.29 is 41.9 Å². The zero-order chi connectivity index (χ0) is 47.9. The smallest absolute Gasteiger partial charge is 0.310 e. The Hall–Kier alpha value is -3.71. The quantitative estimate of drug-likeness (QED) is 0.0483. The number of benzene rings is 2. The lowest BCUT2D eigenvalue weighted by Gasteiger charge is -2.25. The monoisotopic (exact) mass is 939 g/mol. The highest BCUT2D eigenvalue weighted by Crippen LogP contribution is 2.44. The highest BCUT2D eigenvalue weighted by Gasteiger charge is 2.26. The second-order valence-electron chi connectivity index (χ2n) is 17.5. The number of hydrogen-bond acceptors (Lipinski definition) is 9. The average Bonchev–Trinajstić information content (AvgIpc) is 3.55. The Bertz CT molecular complexity index is 1790. The first-order chi connectivity index (χ1) is 32.0. The maximum Gasteiger partial charge on any atom is 0.310 e. The Morgan fingerprint density at radius 2 is 1.27 bits per heavy atom. The van der Waals surface area contributed by atoms with E-state index in [1.54, 1.807) is 12.3 Å². The highest BCUT2D eigenvalue weighted by molar-refractivity contribution is 7.84. The van der Waals surface area contributed by atoms with Gasteiger partial charge in [-0.15, -0.1) is 0 Å². The van der Waals surface area contributed by atoms with Gasteiger partial charge < -0.3 is 28.7 Å². The molecule has 0 fully saturated rings. The molecule has 1 amide bonds. The number of fused-ring (bicyclic) bond motifs is 1. The van der Waals surface area contributed by atoms with E-state index >= 15 is 0 Å². The molecule has 0 N–H and O–H groups in total. The molecule has 0 aromatic heterocycles. The van der Waals surface area contributed by atoms with Crippen molar-refractivity contribution in [3.05, 3.63) is 70.5 Å². The lowest BCUT2D eigenvalue weighted by atomic mass is 10.0. The number of amides is 1. The summed E-state index contributed by atoms with van der Waals surface area (Å²) in [6, 6.07) is 12.2. The summed E-state index contributed by atoms with van der Waals surface area (Å²) in [5.74, 6) is -1.18. The van der Waals surface area contributed by atoms with E-state index < -0.39 is 22.9 Å². The summed E-state index contributed by atoms with van der Waals surface area (Å²) >= 11 is 0. The molecule has 0 heterocycles. The molecule has 0 saturated carbocycles. The number of hydrogen-bond donors (Lipinski definition) is 0. The van der Waals surface area contributed by atoms with E-state index in [4.69, 9.17) is 18.9 Å². The van der Waals surface area contributed by atoms with E-state index in [0.29, 0.717) is 38.3 Å². The van der Waals surface area contributed by atoms with Gasteiger partial charge in [0.1, 0.15) is 11.9 Å². The van der Waals surface area contributed by atoms with Crippen LogP contribution in [0.25, 0.3) is 17.2 Å². The normalized spacial score (nSPS) is 13.5. The van der Waals surface area contributed by atoms with E-state index in [1.807, 2.05) is 42.2 Å². The molecule has 370 valence electrons. The number of esters is 2. The van der Waals surface area contributed by atoms with Gasteiger partial charge in [-0.1, -0.05) is 104 Å². The van der Waals surface area contributed by atoms with Gasteiger partial charge in [-0.05, 0) is 129 Å². The van der Waals surface area contributed by atoms with Crippen LogP contribution in [-0.4, -0.2) is 110 Å². The molecular weight excluding hydrogens is 856 g/mol. The highest BCUT2D eigenvalue weighted by atomic mass is 32.2. The summed E-state index contributed by atoms with van der Waals surface area (Å²) in [6.07, 6.45) is 18.7. The molecule has 3 rings (SSSR count). The van der Waals surface area contributed by atoms with Crippen LogP contribution in [0, 0.1) is 5.82 Å². The zero-order valence-corrected chi connectivity index (χ0v) is 42.3. The molecular formula is C54H83FN2O8S. The van der Waals surface area contributed by atoms with Gasteiger partial charge >= 0.3 is 11.9 Å². The number of carbonyl (C=O) groups excluding carboxylic acids is 3. The van der Waals surface area contributed by atoms with Gasteiger partial charge in [-0.2, -0.15) is 0 Å². The first-order valence-electron chi connectivity index (χ1n) is 25.2. The molecule has 1 aliphatic rings. The molecule has 1 unspecified atom stereocenters. The predicted molar refractivity (Wildman–Crippen MR) is 267 cm³/mol. The van der Waals surface area contributed by atoms with Crippen LogP contribution in [-0.2, 0) is 44.1 Å². The van der Waals surface area contributed by atoms with Gasteiger partial charge in [0.05, 0.1) is 32.7 Å². The first kappa shape index (κ1) is 56.6. The third-order valence-corrected chi connectivity index (χ3v) is 13.2. The van der Waals surface area contributed by atoms with Crippen LogP contribution in [0.2, 0.25) is 0 Å². The number of ether oxygens (including phenoxy) is 4. The van der Waals surface area contributed by atoms with Crippen LogP contribution in [0.4, 0.5) is 4.39 Å². The molecule has 10 nitrogen and oxygen atoms in total. The minimum Gasteiger partial charge on any atom is -0.465 e. The summed E-state index contributed by atoms with van der Waals surface area (Å²) in [5.41, 5.74) is 5.04. The maximum absolute atomic E-state index is 14.5. The van der Waals surface area contributed by atoms with Gasteiger partial charge in [-0.3, -0.25) is 18.6 Å². The second-order valence-corrected chi connectivity index (χ2v) is 18.9. The molecule has 2 aromatic carbocycles. The van der Waals surface area contributed by atoms with Crippen molar-refractivity contribution in [1.82, 2.24) is 9.80 Å². The van der Waals surface area contributed by atoms with Crippen molar-refractivity contribution in [1.29, 1.82) is 0 Å². The average molecular weight is 939 g/mol. The molecule has 2 aromatic rings. The van der Waals surface area contributed by atoms with E-state index in [0.717, 1.165) is 104 Å². The molecule has 0 bridgehead atoms. The molecule has 0 spiro atoms. The van der Waals surface area contributed by atoms with E-state index in [-0.39, 0.29) is 56.8 Å². The van der Waals surface area contributed by atoms with Gasteiger partial charge in [0.2, 0.25) is 5.91 Å². The fourth-order valence-electron chi connectivity index (χ4n) is 8.20. The predicted octanol–water partition coefficient (Wildman–Crippen LogP) is 11.6. The topological polar surface area (TPSA) is 112 Å². The van der Waals surface area contributed by atoms with Crippen LogP contribution in [0.5, 0.6) is 0 Å². The van der Waals surface area contributed by atoms with Crippen molar-refractivity contribution in [3.63, 3.8) is 0 Å². The van der Waals surface area contributed by atoms with E-state index in [1.165, 1.54) is 50.7 Å². The van der Waals surface area contributed by atoms with Crippen molar-refractivity contribution >= 4 is 45.9 Å². The Labute approximate surface area is 399 Å². The second kappa shape index (κ2) is 33.7. The first-order valence-corrected chi connectivity index (χ1v) is 26.7. The number of carbonyl (C=O) groups is 3. The fourth-order valence-corrected chi connectivity index (χ4v) is 8.72. The largest absolute Gasteiger partial charge is 0.465 e. The van der Waals surface area contributed by atoms with Gasteiger partial charge in [0.25, 0.3) is 0 Å². The summed E-state index contributed by atoms with van der Waals surface area (Å²) in [5, 5.41) is 0. The summed E-state index contributed by atoms with van der Waals surface area (Å²) in [7, 11) is -1.08. The molecule has 12 heteroatoms. The minimum atomic E-state index is -1.08. The van der Waals surface area contributed by atoms with Crippen LogP contribution < -0.4 is 0 Å². The van der Waals surface area contributed by atoms with Gasteiger partial charge in [0.15, 0.2) is 0 Å². The van der Waals surface area contributed by atoms with Crippen LogP contribution in [0.15, 0.2) is 52.9 Å². The minimum absolute atomic E-state index is 0.00671. The Kier molecular flexibility index (Phi) is 28.9. The van der Waals surface area contributed by atoms with Crippen LogP contribution in [0.1, 0.15) is 167 Å². The van der Waals surface area contributed by atoms with E-state index in [9.17, 15) is 23.0 Å². The van der Waals surface area contributed by atoms with Crippen molar-refractivity contribution in [2.24, 2.45) is 0 Å². The number of nitrogens with zero attached hydrogens (tertiary/aromatic N) is 2. The molecule has 0 saturated heterocycles. The molecule has 66 heavy (non-hydrogen) atoms. The standard InChI is InChI=1S/C54H83FN2O8S/c1-7-11-13-16-20-35-62-41-46(42-63-36-21-17-14-12-8-2)65-53(59)31-30-52(58)57(34-23-32-56(9-3)10-4)33-19-15-18-22-37-64-54(60)40-50-43(5)49(48-29-26-45(55)39-51(48)50)38-44-24-27-47(28-25-44)66(6)61/h24-29,38-39,46H,7-23,30-37,40-42H2,1-6H3/b49-38-. The van der Waals surface area contributed by atoms with Crippen molar-refractivity contribution in [2.45, 2.75) is 161 Å². The van der Waals surface area contributed by atoms with Crippen LogP contribution >= 0.6 is 0 Å². The third-order valence-electron chi connectivity index (χ3n) is 12.3. The van der Waals surface area contributed by atoms with Crippen molar-refractivity contribution in [2.75, 3.05) is 72.0 Å². The number of allylic oxidation sites excluding steroid dienone is 2. The third kappa shape index (κ3) is 21.9. The summed E-state index contributed by atoms with van der Waals surface area (Å²) in [6.45, 7) is 16.7. The molecule has 1 atom stereocenters. The number of unbranched alkanes of at least 4 members (excludes halogenated alkanes) is 11. The zero-order valence-electron chi connectivity index (χ0n) is 41.4. The van der Waals surface area contributed by atoms with Crippen LogP contribution in [0.3, 0.4) is 0 Å². The molecule has 1 aliphatic carbocycles. The van der Waals surface area contributed by atoms with Gasteiger partial charge in [0, 0.05) is 54.7 Å². The maximum atomic E-state index is 14.5. The van der Waals surface area contributed by atoms with Crippen molar-refractivity contribution in [3.8, 4) is 0 Å². The fraction of sp³-hybridized carbons (Fsp3) is 0.648. The Balaban J connectivity index is 1.48. The Morgan fingerprint density at radius 3 is 1.88 bits per heavy atom. The van der Waals surface area contributed by atoms with E-state index in [2.05, 4.69) is 32.6 Å². The lowest BCUT2D eigenvalue weighted by Crippen LogP contribution is -2.36. The summed E-state index contributed by atoms with van der Waals surface area (Å²) < 4.78 is 49.7. The summed E-state index contributed by atoms with van der Waals surface area (Å²) in [4.78, 5) is 44.8. The SMILES string of the molecule is CCCCCCCOCC(COCCCCCCC)OC(=O)CCC(=O)N(CCCCCCOC(=O)CC1=C(C)/C(=C/c2ccc(S(C)=O)cc2)c2ccc(F)cc21)CCCN(CC)CC.